The normalized spacial score (nSPS) is 21.1. The number of nitrogens with two attached hydrogens (primary N) is 1. The van der Waals surface area contributed by atoms with Crippen LogP contribution in [0.4, 0.5) is 0 Å². The number of rotatable bonds is 8. The Bertz CT molecular complexity index is 1270. The fourth-order valence-corrected chi connectivity index (χ4v) is 6.28. The third-order valence-corrected chi connectivity index (χ3v) is 8.58. The van der Waals surface area contributed by atoms with E-state index in [0.29, 0.717) is 38.9 Å². The predicted octanol–water partition coefficient (Wildman–Crippen LogP) is 0.192. The zero-order chi connectivity index (χ0) is 26.6. The molecule has 0 aromatic heterocycles. The number of carbonyl (C=O) groups excluding carboxylic acids is 2. The third-order valence-electron chi connectivity index (χ3n) is 7.11. The molecule has 0 radical (unpaired) electrons. The second-order valence-electron chi connectivity index (χ2n) is 9.61. The van der Waals surface area contributed by atoms with Crippen LogP contribution in [0, 0.1) is 11.3 Å². The molecule has 2 saturated heterocycles. The Labute approximate surface area is 216 Å². The van der Waals surface area contributed by atoms with E-state index >= 15 is 0 Å². The van der Waals surface area contributed by atoms with E-state index in [9.17, 15) is 23.1 Å². The highest BCUT2D eigenvalue weighted by molar-refractivity contribution is 7.89. The summed E-state index contributed by atoms with van der Waals surface area (Å²) >= 11 is 0. The molecule has 2 aromatic carbocycles. The fourth-order valence-electron chi connectivity index (χ4n) is 5.07. The van der Waals surface area contributed by atoms with Gasteiger partial charge in [-0.15, -0.1) is 0 Å². The number of likely N-dealkylation sites (tertiary alicyclic amines) is 2. The summed E-state index contributed by atoms with van der Waals surface area (Å²) in [7, 11) is -4.07. The molecule has 200 valence electrons. The first kappa shape index (κ1) is 26.8. The zero-order valence-electron chi connectivity index (χ0n) is 20.6. The summed E-state index contributed by atoms with van der Waals surface area (Å²) in [6.45, 7) is 0.995. The Balaban J connectivity index is 1.38. The topological polar surface area (TPSA) is 169 Å². The van der Waals surface area contributed by atoms with Gasteiger partial charge in [-0.25, -0.2) is 8.42 Å². The van der Waals surface area contributed by atoms with Crippen LogP contribution in [0.3, 0.4) is 0 Å². The van der Waals surface area contributed by atoms with E-state index in [4.69, 9.17) is 11.1 Å². The highest BCUT2D eigenvalue weighted by Gasteiger charge is 2.36. The average Bonchev–Trinajstić information content (AvgIpc) is 3.38. The van der Waals surface area contributed by atoms with Crippen molar-refractivity contribution in [2.24, 2.45) is 11.7 Å². The average molecular weight is 531 g/mol. The van der Waals surface area contributed by atoms with Crippen molar-refractivity contribution < 1.29 is 23.1 Å². The summed E-state index contributed by atoms with van der Waals surface area (Å²) in [5.74, 6) is -1.02. The molecule has 0 aliphatic carbocycles. The zero-order valence-corrected chi connectivity index (χ0v) is 21.4. The number of aliphatic hydroxyl groups is 1. The van der Waals surface area contributed by atoms with Crippen molar-refractivity contribution in [1.82, 2.24) is 19.8 Å². The first-order valence-electron chi connectivity index (χ1n) is 12.5. The highest BCUT2D eigenvalue weighted by Crippen LogP contribution is 2.22. The van der Waals surface area contributed by atoms with Crippen LogP contribution in [-0.2, 0) is 19.6 Å². The van der Waals surface area contributed by atoms with Crippen molar-refractivity contribution in [3.8, 4) is 0 Å². The summed E-state index contributed by atoms with van der Waals surface area (Å²) in [5, 5.41) is 22.1. The fraction of sp³-hybridized carbons (Fsp3) is 0.480. The first-order chi connectivity index (χ1) is 17.7. The minimum atomic E-state index is -4.07. The monoisotopic (exact) mass is 530 g/mol. The second-order valence-corrected chi connectivity index (χ2v) is 11.3. The summed E-state index contributed by atoms with van der Waals surface area (Å²) in [5.41, 5.74) is 5.57. The molecule has 2 amide bonds. The summed E-state index contributed by atoms with van der Waals surface area (Å²) in [6, 6.07) is 10.4. The van der Waals surface area contributed by atoms with Gasteiger partial charge in [-0.05, 0) is 48.6 Å². The Morgan fingerprint density at radius 3 is 2.57 bits per heavy atom. The maximum Gasteiger partial charge on any atom is 0.243 e. The lowest BCUT2D eigenvalue weighted by atomic mass is 9.97. The number of hydrogen-bond acceptors (Lipinski definition) is 6. The van der Waals surface area contributed by atoms with Gasteiger partial charge in [-0.1, -0.05) is 30.3 Å². The summed E-state index contributed by atoms with van der Waals surface area (Å²) in [6.07, 6.45) is 2.84. The molecule has 0 unspecified atom stereocenters. The largest absolute Gasteiger partial charge is 0.394 e. The summed E-state index contributed by atoms with van der Waals surface area (Å²) < 4.78 is 28.4. The molecular weight excluding hydrogens is 496 g/mol. The molecule has 0 saturated carbocycles. The molecule has 2 aromatic rings. The molecule has 37 heavy (non-hydrogen) atoms. The SMILES string of the molecule is N=C(N)N1CCC[C@@H](C(=O)NC[C@@H]2CCCN2C(=O)[C@H](CO)NS(=O)(=O)c2ccc3ccccc3c2)C1. The number of hydrogen-bond donors (Lipinski definition) is 5. The van der Waals surface area contributed by atoms with Gasteiger partial charge in [0.25, 0.3) is 0 Å². The van der Waals surface area contributed by atoms with Crippen molar-refractivity contribution in [2.45, 2.75) is 42.7 Å². The van der Waals surface area contributed by atoms with Crippen molar-refractivity contribution in [3.05, 3.63) is 42.5 Å². The molecular formula is C25H34N6O5S. The highest BCUT2D eigenvalue weighted by atomic mass is 32.2. The number of aliphatic hydroxyl groups excluding tert-OH is 1. The number of fused-ring (bicyclic) bond motifs is 1. The van der Waals surface area contributed by atoms with Crippen LogP contribution in [0.5, 0.6) is 0 Å². The standard InChI is InChI=1S/C25H34N6O5S/c26-25(27)30-11-3-7-19(15-30)23(33)28-14-20-8-4-12-31(20)24(34)22(16-32)29-37(35,36)21-10-9-17-5-1-2-6-18(17)13-21/h1-2,5-6,9-10,13,19-20,22,29,32H,3-4,7-8,11-12,14-16H2,(H3,26,27)(H,28,33)/t19-,20+,22+/m1/s1. The molecule has 6 N–H and O–H groups in total. The molecule has 11 nitrogen and oxygen atoms in total. The lowest BCUT2D eigenvalue weighted by Crippen LogP contribution is -2.54. The number of benzene rings is 2. The number of amides is 2. The molecule has 0 bridgehead atoms. The lowest BCUT2D eigenvalue weighted by Gasteiger charge is -2.33. The first-order valence-corrected chi connectivity index (χ1v) is 14.0. The molecule has 12 heteroatoms. The molecule has 2 heterocycles. The van der Waals surface area contributed by atoms with Gasteiger partial charge in [0.05, 0.1) is 17.4 Å². The van der Waals surface area contributed by atoms with E-state index in [1.165, 1.54) is 17.0 Å². The number of sulfonamides is 1. The number of nitrogens with zero attached hydrogens (tertiary/aromatic N) is 2. The maximum absolute atomic E-state index is 13.3. The van der Waals surface area contributed by atoms with E-state index < -0.39 is 28.6 Å². The van der Waals surface area contributed by atoms with Crippen LogP contribution in [0.2, 0.25) is 0 Å². The molecule has 2 aliphatic rings. The van der Waals surface area contributed by atoms with Crippen LogP contribution in [0.25, 0.3) is 10.8 Å². The van der Waals surface area contributed by atoms with Gasteiger partial charge >= 0.3 is 0 Å². The molecule has 4 rings (SSSR count). The lowest BCUT2D eigenvalue weighted by molar-refractivity contribution is -0.135. The van der Waals surface area contributed by atoms with Gasteiger partial charge in [-0.3, -0.25) is 15.0 Å². The summed E-state index contributed by atoms with van der Waals surface area (Å²) in [4.78, 5) is 29.2. The van der Waals surface area contributed by atoms with Crippen LogP contribution in [-0.4, -0.2) is 86.0 Å². The molecule has 0 spiro atoms. The van der Waals surface area contributed by atoms with Gasteiger partial charge < -0.3 is 26.0 Å². The van der Waals surface area contributed by atoms with E-state index in [1.54, 1.807) is 17.0 Å². The van der Waals surface area contributed by atoms with Gasteiger partial charge in [0.15, 0.2) is 5.96 Å². The predicted molar refractivity (Wildman–Crippen MR) is 139 cm³/mol. The van der Waals surface area contributed by atoms with Crippen molar-refractivity contribution in [1.29, 1.82) is 5.41 Å². The smallest absolute Gasteiger partial charge is 0.243 e. The third kappa shape index (κ3) is 6.20. The van der Waals surface area contributed by atoms with Crippen LogP contribution in [0.15, 0.2) is 47.4 Å². The molecule has 2 aliphatic heterocycles. The van der Waals surface area contributed by atoms with Crippen molar-refractivity contribution in [3.63, 3.8) is 0 Å². The quantitative estimate of drug-likeness (QED) is 0.240. The molecule has 2 fully saturated rings. The number of nitrogens with one attached hydrogen (secondary N) is 3. The Kier molecular flexibility index (Phi) is 8.30. The number of guanidine groups is 1. The van der Waals surface area contributed by atoms with E-state index in [2.05, 4.69) is 10.0 Å². The second kappa shape index (κ2) is 11.4. The maximum atomic E-state index is 13.3. The van der Waals surface area contributed by atoms with Crippen LogP contribution >= 0.6 is 0 Å². The van der Waals surface area contributed by atoms with Crippen LogP contribution in [0.1, 0.15) is 25.7 Å². The number of piperidine rings is 1. The minimum absolute atomic E-state index is 0.00905. The Hall–Kier alpha value is -3.22. The van der Waals surface area contributed by atoms with Crippen LogP contribution < -0.4 is 15.8 Å². The number of carbonyl (C=O) groups is 2. The van der Waals surface area contributed by atoms with E-state index in [-0.39, 0.29) is 35.3 Å². The van der Waals surface area contributed by atoms with Gasteiger partial charge in [0, 0.05) is 32.2 Å². The van der Waals surface area contributed by atoms with E-state index in [0.717, 1.165) is 17.2 Å². The Morgan fingerprint density at radius 2 is 1.84 bits per heavy atom. The van der Waals surface area contributed by atoms with Crippen molar-refractivity contribution >= 4 is 38.6 Å². The minimum Gasteiger partial charge on any atom is -0.394 e. The van der Waals surface area contributed by atoms with Gasteiger partial charge in [-0.2, -0.15) is 4.72 Å². The molecule has 3 atom stereocenters. The van der Waals surface area contributed by atoms with Gasteiger partial charge in [0.1, 0.15) is 6.04 Å². The van der Waals surface area contributed by atoms with E-state index in [1.807, 2.05) is 18.2 Å². The van der Waals surface area contributed by atoms with Crippen molar-refractivity contribution in [2.75, 3.05) is 32.8 Å². The van der Waals surface area contributed by atoms with Gasteiger partial charge in [0.2, 0.25) is 21.8 Å². The Morgan fingerprint density at radius 1 is 1.11 bits per heavy atom.